The van der Waals surface area contributed by atoms with Crippen LogP contribution in [0.15, 0.2) is 19.8 Å². The number of nitrogens with two attached hydrogens (primary N) is 4. The van der Waals surface area contributed by atoms with Crippen molar-refractivity contribution < 1.29 is 41.5 Å². The van der Waals surface area contributed by atoms with Gasteiger partial charge in [-0.1, -0.05) is 13.8 Å². The lowest BCUT2D eigenvalue weighted by Crippen LogP contribution is -2.58. The third-order valence-corrected chi connectivity index (χ3v) is 9.80. The first-order valence-electron chi connectivity index (χ1n) is 16.1. The number of guanidine groups is 2. The molecule has 3 rings (SSSR count). The number of likely N-dealkylation sites (N-methyl/N-ethyl adjacent to an activating group) is 1. The standard InChI is InChI=1S/C30H45F4N11O5S2/c1-13(2)18(46)10-42-25(47)17-12-52-24-21(33)19(31)23(20(32)22(24)34)51-11-16(39-3)28(50)44-14(6-4-8-40-29(35)36)26(48)43-15(27(49)45-17)7-5-9-41-30(37)38/h13-17,39H,4-12H2,1-3H3,(H,42,47)(H,43,48)(H,44,50)(H,45,49)(H4,35,36,40)(H4,37,38,41). The number of fused-ring (bicyclic) bond motifs is 15. The number of carbonyl (C=O) groups excluding carboxylic acids is 5. The van der Waals surface area contributed by atoms with Crippen LogP contribution in [0.1, 0.15) is 39.5 Å². The van der Waals surface area contributed by atoms with Crippen LogP contribution in [0.3, 0.4) is 0 Å². The molecule has 13 N–H and O–H groups in total. The third-order valence-electron chi connectivity index (χ3n) is 7.51. The highest BCUT2D eigenvalue weighted by atomic mass is 32.2. The Balaban J connectivity index is 2.64. The number of nitrogens with one attached hydrogen (secondary N) is 5. The topological polar surface area (TPSA) is 274 Å². The van der Waals surface area contributed by atoms with Gasteiger partial charge < -0.3 is 49.5 Å². The zero-order chi connectivity index (χ0) is 39.1. The van der Waals surface area contributed by atoms with Crippen LogP contribution < -0.4 is 49.5 Å². The average Bonchev–Trinajstić information content (AvgIpc) is 3.08. The number of hydrogen-bond acceptors (Lipinski definition) is 10. The molecule has 16 nitrogen and oxygen atoms in total. The fraction of sp³-hybridized carbons (Fsp3) is 0.567. The molecule has 2 bridgehead atoms. The zero-order valence-corrected chi connectivity index (χ0v) is 30.5. The Morgan fingerprint density at radius 3 is 1.65 bits per heavy atom. The maximum Gasteiger partial charge on any atom is 0.243 e. The summed E-state index contributed by atoms with van der Waals surface area (Å²) in [5.41, 5.74) is 21.5. The van der Waals surface area contributed by atoms with Gasteiger partial charge in [-0.05, 0) is 32.7 Å². The summed E-state index contributed by atoms with van der Waals surface area (Å²) in [5, 5.41) is 12.5. The van der Waals surface area contributed by atoms with Gasteiger partial charge in [-0.3, -0.25) is 34.0 Å². The summed E-state index contributed by atoms with van der Waals surface area (Å²) in [6.07, 6.45) is 0.152. The first kappa shape index (κ1) is 43.9. The van der Waals surface area contributed by atoms with E-state index >= 15 is 17.6 Å². The predicted molar refractivity (Wildman–Crippen MR) is 189 cm³/mol. The van der Waals surface area contributed by atoms with Gasteiger partial charge in [0.25, 0.3) is 0 Å². The van der Waals surface area contributed by atoms with Gasteiger partial charge in [0.1, 0.15) is 18.1 Å². The van der Waals surface area contributed by atoms with E-state index in [1.54, 1.807) is 13.8 Å². The Hall–Kier alpha value is -4.31. The van der Waals surface area contributed by atoms with Crippen LogP contribution in [0.4, 0.5) is 17.6 Å². The molecule has 0 fully saturated rings. The third kappa shape index (κ3) is 13.3. The van der Waals surface area contributed by atoms with Crippen molar-refractivity contribution >= 4 is 64.9 Å². The number of rotatable bonds is 13. The molecular formula is C30H45F4N11O5S2. The van der Waals surface area contributed by atoms with Gasteiger partial charge in [0.05, 0.1) is 22.4 Å². The number of Topliss-reactive ketones (excluding diaryl/α,β-unsaturated/α-hetero) is 1. The van der Waals surface area contributed by atoms with Gasteiger partial charge in [-0.15, -0.1) is 23.5 Å². The quantitative estimate of drug-likeness (QED) is 0.0289. The summed E-state index contributed by atoms with van der Waals surface area (Å²) in [4.78, 5) is 71.8. The minimum Gasteiger partial charge on any atom is -0.370 e. The second kappa shape index (κ2) is 21.3. The number of hydrogen-bond donors (Lipinski definition) is 9. The molecule has 290 valence electrons. The maximum absolute atomic E-state index is 15.3. The average molecular weight is 780 g/mol. The van der Waals surface area contributed by atoms with E-state index < -0.39 is 105 Å². The molecule has 0 saturated heterocycles. The molecule has 0 radical (unpaired) electrons. The summed E-state index contributed by atoms with van der Waals surface area (Å²) in [5.74, 6) is -13.0. The van der Waals surface area contributed by atoms with E-state index in [1.165, 1.54) is 7.05 Å². The lowest BCUT2D eigenvalue weighted by atomic mass is 10.1. The Bertz CT molecular complexity index is 1500. The van der Waals surface area contributed by atoms with Crippen molar-refractivity contribution in [3.8, 4) is 0 Å². The fourth-order valence-electron chi connectivity index (χ4n) is 4.51. The van der Waals surface area contributed by atoms with Crippen molar-refractivity contribution in [1.29, 1.82) is 0 Å². The summed E-state index contributed by atoms with van der Waals surface area (Å²) < 4.78 is 60.9. The van der Waals surface area contributed by atoms with E-state index in [9.17, 15) is 24.0 Å². The van der Waals surface area contributed by atoms with Crippen molar-refractivity contribution in [3.05, 3.63) is 23.3 Å². The van der Waals surface area contributed by atoms with Gasteiger partial charge in [-0.2, -0.15) is 0 Å². The highest BCUT2D eigenvalue weighted by Gasteiger charge is 2.33. The Kier molecular flexibility index (Phi) is 17.9. The summed E-state index contributed by atoms with van der Waals surface area (Å²) in [6.45, 7) is 2.81. The van der Waals surface area contributed by atoms with Crippen molar-refractivity contribution in [2.24, 2.45) is 38.8 Å². The minimum absolute atomic E-state index is 0.0327. The largest absolute Gasteiger partial charge is 0.370 e. The molecule has 2 heterocycles. The number of ketones is 1. The van der Waals surface area contributed by atoms with Crippen molar-refractivity contribution in [2.45, 2.75) is 73.5 Å². The summed E-state index contributed by atoms with van der Waals surface area (Å²) in [6, 6.07) is -5.57. The first-order chi connectivity index (χ1) is 24.5. The zero-order valence-electron chi connectivity index (χ0n) is 28.8. The van der Waals surface area contributed by atoms with Crippen LogP contribution >= 0.6 is 23.5 Å². The van der Waals surface area contributed by atoms with Crippen LogP contribution in [0.25, 0.3) is 0 Å². The molecule has 1 aromatic carbocycles. The smallest absolute Gasteiger partial charge is 0.243 e. The fourth-order valence-corrected chi connectivity index (χ4v) is 6.60. The number of aliphatic imine (C=N–C) groups is 2. The van der Waals surface area contributed by atoms with Crippen LogP contribution in [-0.2, 0) is 24.0 Å². The SMILES string of the molecule is CNC1CSc2c(F)c(F)c(c(F)c2F)SCC(C(=O)NCC(=O)C(C)C)NC(=O)C(CCCN=C(N)N)NC(=O)C(CCCN=C(N)N)NC1=O. The van der Waals surface area contributed by atoms with Crippen molar-refractivity contribution in [3.63, 3.8) is 0 Å². The Labute approximate surface area is 306 Å². The van der Waals surface area contributed by atoms with E-state index in [2.05, 4.69) is 36.6 Å². The molecule has 2 aliphatic rings. The van der Waals surface area contributed by atoms with Gasteiger partial charge in [0.2, 0.25) is 23.6 Å². The number of thioether (sulfide) groups is 2. The molecule has 2 aliphatic heterocycles. The minimum atomic E-state index is -1.76. The second-order valence-corrected chi connectivity index (χ2v) is 13.9. The molecule has 4 atom stereocenters. The maximum atomic E-state index is 15.3. The van der Waals surface area contributed by atoms with E-state index in [1.807, 2.05) is 0 Å². The lowest BCUT2D eigenvalue weighted by Gasteiger charge is -2.26. The molecule has 0 saturated carbocycles. The monoisotopic (exact) mass is 779 g/mol. The molecule has 0 aromatic heterocycles. The van der Waals surface area contributed by atoms with E-state index in [-0.39, 0.29) is 68.2 Å². The van der Waals surface area contributed by atoms with Crippen molar-refractivity contribution in [1.82, 2.24) is 26.6 Å². The number of halogens is 4. The molecule has 0 spiro atoms. The van der Waals surface area contributed by atoms with Gasteiger partial charge in [0, 0.05) is 30.5 Å². The molecule has 52 heavy (non-hydrogen) atoms. The molecule has 4 unspecified atom stereocenters. The molecule has 1 aromatic rings. The molecule has 22 heteroatoms. The van der Waals surface area contributed by atoms with E-state index in [0.29, 0.717) is 11.8 Å². The highest BCUT2D eigenvalue weighted by molar-refractivity contribution is 7.99. The van der Waals surface area contributed by atoms with Crippen LogP contribution in [0.5, 0.6) is 0 Å². The Morgan fingerprint density at radius 2 is 1.21 bits per heavy atom. The normalized spacial score (nSPS) is 20.2. The molecular weight excluding hydrogens is 735 g/mol. The van der Waals surface area contributed by atoms with Crippen LogP contribution in [0, 0.1) is 29.2 Å². The van der Waals surface area contributed by atoms with Crippen LogP contribution in [-0.4, -0.2) is 104 Å². The van der Waals surface area contributed by atoms with E-state index in [0.717, 1.165) is 0 Å². The lowest BCUT2D eigenvalue weighted by molar-refractivity contribution is -0.134. The number of nitrogens with zero attached hydrogens (tertiary/aromatic N) is 2. The highest BCUT2D eigenvalue weighted by Crippen LogP contribution is 2.36. The second-order valence-electron chi connectivity index (χ2n) is 11.8. The Morgan fingerprint density at radius 1 is 0.769 bits per heavy atom. The van der Waals surface area contributed by atoms with Gasteiger partial charge >= 0.3 is 0 Å². The summed E-state index contributed by atoms with van der Waals surface area (Å²) in [7, 11) is 1.35. The van der Waals surface area contributed by atoms with Gasteiger partial charge in [-0.25, -0.2) is 17.6 Å². The first-order valence-corrected chi connectivity index (χ1v) is 18.1. The number of carbonyl (C=O) groups is 5. The predicted octanol–water partition coefficient (Wildman–Crippen LogP) is -1.07. The van der Waals surface area contributed by atoms with Gasteiger partial charge in [0.15, 0.2) is 41.0 Å². The molecule has 0 aliphatic carbocycles. The number of benzene rings is 1. The van der Waals surface area contributed by atoms with Crippen molar-refractivity contribution in [2.75, 3.05) is 38.2 Å². The molecule has 4 amide bonds. The van der Waals surface area contributed by atoms with Crippen LogP contribution in [0.2, 0.25) is 0 Å². The summed E-state index contributed by atoms with van der Waals surface area (Å²) >= 11 is 0.519. The van der Waals surface area contributed by atoms with E-state index in [4.69, 9.17) is 22.9 Å². The number of amides is 4.